The van der Waals surface area contributed by atoms with Crippen LogP contribution in [0.3, 0.4) is 0 Å². The lowest BCUT2D eigenvalue weighted by Gasteiger charge is -2.30. The molecule has 10 aromatic rings. The average molecular weight is 730 g/mol. The predicted molar refractivity (Wildman–Crippen MR) is 240 cm³/mol. The summed E-state index contributed by atoms with van der Waals surface area (Å²) in [7, 11) is 0. The summed E-state index contributed by atoms with van der Waals surface area (Å²) < 4.78 is 7.00. The average Bonchev–Trinajstić information content (AvgIpc) is 3.75. The first-order valence-electron chi connectivity index (χ1n) is 19.8. The zero-order valence-electron chi connectivity index (χ0n) is 31.9. The SMILES string of the molecule is CC1(C)c2ccccc2-c2ccc(N(c3ccccc3-c3ccc(-c4ccccc4)cc3)c3cccc4oc5c(-c6ccccc6)c6ccccc6cc5c34)cc21. The molecule has 57 heavy (non-hydrogen) atoms. The van der Waals surface area contributed by atoms with Gasteiger partial charge >= 0.3 is 0 Å². The molecule has 2 nitrogen and oxygen atoms in total. The zero-order chi connectivity index (χ0) is 38.1. The second-order valence-electron chi connectivity index (χ2n) is 15.7. The quantitative estimate of drug-likeness (QED) is 0.169. The number of hydrogen-bond donors (Lipinski definition) is 0. The lowest BCUT2D eigenvalue weighted by molar-refractivity contribution is 0.660. The van der Waals surface area contributed by atoms with Crippen molar-refractivity contribution in [3.8, 4) is 44.5 Å². The number of hydrogen-bond acceptors (Lipinski definition) is 2. The lowest BCUT2D eigenvalue weighted by Crippen LogP contribution is -2.17. The summed E-state index contributed by atoms with van der Waals surface area (Å²) in [5.74, 6) is 0. The molecule has 0 aliphatic heterocycles. The normalized spacial score (nSPS) is 12.9. The molecule has 1 aliphatic carbocycles. The van der Waals surface area contributed by atoms with Gasteiger partial charge in [-0.1, -0.05) is 178 Å². The predicted octanol–water partition coefficient (Wildman–Crippen LogP) is 15.5. The first-order chi connectivity index (χ1) is 28.0. The highest BCUT2D eigenvalue weighted by atomic mass is 16.3. The van der Waals surface area contributed by atoms with Gasteiger partial charge in [0, 0.05) is 27.6 Å². The molecule has 1 heterocycles. The minimum atomic E-state index is -0.155. The van der Waals surface area contributed by atoms with Gasteiger partial charge in [-0.15, -0.1) is 0 Å². The van der Waals surface area contributed by atoms with E-state index in [9.17, 15) is 0 Å². The maximum atomic E-state index is 7.00. The fraction of sp³-hybridized carbons (Fsp3) is 0.0545. The Morgan fingerprint density at radius 1 is 0.421 bits per heavy atom. The molecule has 0 fully saturated rings. The van der Waals surface area contributed by atoms with E-state index in [4.69, 9.17) is 4.42 Å². The van der Waals surface area contributed by atoms with E-state index in [-0.39, 0.29) is 5.41 Å². The smallest absolute Gasteiger partial charge is 0.143 e. The molecule has 0 saturated heterocycles. The van der Waals surface area contributed by atoms with Crippen molar-refractivity contribution in [2.45, 2.75) is 19.3 Å². The number of rotatable bonds is 6. The van der Waals surface area contributed by atoms with E-state index in [2.05, 4.69) is 219 Å². The second kappa shape index (κ2) is 13.0. The van der Waals surface area contributed by atoms with E-state index in [0.717, 1.165) is 61.3 Å². The summed E-state index contributed by atoms with van der Waals surface area (Å²) in [5, 5.41) is 4.55. The number of furan rings is 1. The highest BCUT2D eigenvalue weighted by Crippen LogP contribution is 2.53. The Morgan fingerprint density at radius 3 is 1.84 bits per heavy atom. The van der Waals surface area contributed by atoms with Gasteiger partial charge in [0.2, 0.25) is 0 Å². The van der Waals surface area contributed by atoms with Crippen molar-refractivity contribution in [3.05, 3.63) is 211 Å². The zero-order valence-corrected chi connectivity index (χ0v) is 31.9. The van der Waals surface area contributed by atoms with Crippen LogP contribution >= 0.6 is 0 Å². The van der Waals surface area contributed by atoms with E-state index in [1.54, 1.807) is 0 Å². The van der Waals surface area contributed by atoms with Crippen LogP contribution in [-0.2, 0) is 5.41 Å². The van der Waals surface area contributed by atoms with Crippen LogP contribution < -0.4 is 4.90 Å². The van der Waals surface area contributed by atoms with Crippen molar-refractivity contribution < 1.29 is 4.42 Å². The molecule has 0 atom stereocenters. The van der Waals surface area contributed by atoms with E-state index in [0.29, 0.717) is 0 Å². The van der Waals surface area contributed by atoms with E-state index in [1.807, 2.05) is 0 Å². The molecule has 0 bridgehead atoms. The van der Waals surface area contributed by atoms with Crippen LogP contribution in [0.4, 0.5) is 17.1 Å². The molecule has 0 radical (unpaired) electrons. The monoisotopic (exact) mass is 729 g/mol. The third-order valence-electron chi connectivity index (χ3n) is 12.1. The molecule has 1 aliphatic rings. The molecule has 2 heteroatoms. The van der Waals surface area contributed by atoms with Crippen LogP contribution in [0.2, 0.25) is 0 Å². The van der Waals surface area contributed by atoms with Crippen LogP contribution in [-0.4, -0.2) is 0 Å². The number of nitrogens with zero attached hydrogens (tertiary/aromatic N) is 1. The molecule has 1 aromatic heterocycles. The molecule has 9 aromatic carbocycles. The van der Waals surface area contributed by atoms with E-state index >= 15 is 0 Å². The lowest BCUT2D eigenvalue weighted by atomic mass is 9.82. The van der Waals surface area contributed by atoms with Gasteiger partial charge in [0.1, 0.15) is 11.2 Å². The Labute approximate surface area is 332 Å². The molecule has 0 N–H and O–H groups in total. The maximum Gasteiger partial charge on any atom is 0.143 e. The Kier molecular flexibility index (Phi) is 7.55. The van der Waals surface area contributed by atoms with Crippen LogP contribution in [0.5, 0.6) is 0 Å². The summed E-state index contributed by atoms with van der Waals surface area (Å²) in [6, 6.07) is 72.5. The topological polar surface area (TPSA) is 16.4 Å². The summed E-state index contributed by atoms with van der Waals surface area (Å²) in [6.45, 7) is 4.71. The van der Waals surface area contributed by atoms with Crippen LogP contribution in [0.25, 0.3) is 77.2 Å². The molecule has 270 valence electrons. The van der Waals surface area contributed by atoms with Gasteiger partial charge in [-0.2, -0.15) is 0 Å². The number of benzene rings is 9. The molecule has 0 amide bonds. The van der Waals surface area contributed by atoms with Crippen molar-refractivity contribution in [2.24, 2.45) is 0 Å². The number of anilines is 3. The first kappa shape index (κ1) is 33.2. The molecule has 0 unspecified atom stereocenters. The van der Waals surface area contributed by atoms with Gasteiger partial charge in [0.05, 0.1) is 16.8 Å². The highest BCUT2D eigenvalue weighted by molar-refractivity contribution is 6.22. The van der Waals surface area contributed by atoms with Gasteiger partial charge in [-0.25, -0.2) is 0 Å². The van der Waals surface area contributed by atoms with Crippen molar-refractivity contribution in [2.75, 3.05) is 4.90 Å². The van der Waals surface area contributed by atoms with Crippen LogP contribution in [0, 0.1) is 0 Å². The summed E-state index contributed by atoms with van der Waals surface area (Å²) >= 11 is 0. The summed E-state index contributed by atoms with van der Waals surface area (Å²) in [5.41, 5.74) is 17.2. The highest BCUT2D eigenvalue weighted by Gasteiger charge is 2.36. The third-order valence-corrected chi connectivity index (χ3v) is 12.1. The van der Waals surface area contributed by atoms with Crippen molar-refractivity contribution in [1.29, 1.82) is 0 Å². The maximum absolute atomic E-state index is 7.00. The van der Waals surface area contributed by atoms with Crippen molar-refractivity contribution in [1.82, 2.24) is 0 Å². The molecular formula is C55H39NO. The minimum absolute atomic E-state index is 0.155. The first-order valence-corrected chi connectivity index (χ1v) is 19.8. The van der Waals surface area contributed by atoms with Crippen molar-refractivity contribution in [3.63, 3.8) is 0 Å². The Bertz CT molecular complexity index is 3140. The second-order valence-corrected chi connectivity index (χ2v) is 15.7. The molecule has 11 rings (SSSR count). The fourth-order valence-electron chi connectivity index (χ4n) is 9.31. The molecule has 0 saturated carbocycles. The van der Waals surface area contributed by atoms with Crippen molar-refractivity contribution >= 4 is 49.8 Å². The minimum Gasteiger partial charge on any atom is -0.455 e. The van der Waals surface area contributed by atoms with Gasteiger partial charge in [0.25, 0.3) is 0 Å². The summed E-state index contributed by atoms with van der Waals surface area (Å²) in [6.07, 6.45) is 0. The Hall–Kier alpha value is -7.16. The van der Waals surface area contributed by atoms with Gasteiger partial charge in [-0.3, -0.25) is 0 Å². The molecular weight excluding hydrogens is 691 g/mol. The Balaban J connectivity index is 1.19. The van der Waals surface area contributed by atoms with Gasteiger partial charge in [0.15, 0.2) is 0 Å². The number of para-hydroxylation sites is 1. The van der Waals surface area contributed by atoms with Gasteiger partial charge in [-0.05, 0) is 91.7 Å². The standard InChI is InChI=1S/C55H39NO/c1-55(2)47-24-13-11-23-44(47)45-33-32-41(35-48(45)55)56(49-25-14-12-21-42(49)38-30-28-37(29-31-38)36-16-5-3-6-17-36)50-26-15-27-51-53(50)46-34-40-20-9-10-22-43(40)52(54(46)57-51)39-18-7-4-8-19-39/h3-35H,1-2H3. The van der Waals surface area contributed by atoms with Crippen LogP contribution in [0.1, 0.15) is 25.0 Å². The van der Waals surface area contributed by atoms with E-state index < -0.39 is 0 Å². The summed E-state index contributed by atoms with van der Waals surface area (Å²) in [4.78, 5) is 2.47. The molecule has 0 spiro atoms. The Morgan fingerprint density at radius 2 is 1.04 bits per heavy atom. The fourth-order valence-corrected chi connectivity index (χ4v) is 9.31. The third kappa shape index (κ3) is 5.25. The number of fused-ring (bicyclic) bond motifs is 7. The van der Waals surface area contributed by atoms with Gasteiger partial charge < -0.3 is 9.32 Å². The van der Waals surface area contributed by atoms with E-state index in [1.165, 1.54) is 44.2 Å². The van der Waals surface area contributed by atoms with Crippen LogP contribution in [0.15, 0.2) is 205 Å². The largest absolute Gasteiger partial charge is 0.455 e.